The second kappa shape index (κ2) is 13.3. The molecule has 3 heterocycles. The molecule has 2 aliphatic carbocycles. The smallest absolute Gasteiger partial charge is 0.461 e. The highest BCUT2D eigenvalue weighted by Gasteiger charge is 2.61. The Balaban J connectivity index is 1.64. The van der Waals surface area contributed by atoms with Crippen LogP contribution in [0.3, 0.4) is 0 Å². The first-order chi connectivity index (χ1) is 20.6. The average Bonchev–Trinajstić information content (AvgIpc) is 3.31. The summed E-state index contributed by atoms with van der Waals surface area (Å²) in [5.41, 5.74) is 0. The van der Waals surface area contributed by atoms with Crippen LogP contribution in [-0.2, 0) is 28.7 Å². The van der Waals surface area contributed by atoms with Crippen molar-refractivity contribution in [1.82, 2.24) is 20.9 Å². The minimum absolute atomic E-state index is 0.0577. The summed E-state index contributed by atoms with van der Waals surface area (Å²) in [6.45, 7) is 1.58. The average molecular weight is 639 g/mol. The van der Waals surface area contributed by atoms with Gasteiger partial charge in [-0.25, -0.2) is 13.6 Å². The van der Waals surface area contributed by atoms with Crippen LogP contribution in [0, 0.1) is 17.8 Å². The second-order valence-electron chi connectivity index (χ2n) is 11.9. The van der Waals surface area contributed by atoms with Crippen LogP contribution < -0.4 is 16.0 Å². The molecule has 2 saturated carbocycles. The number of nitrogens with one attached hydrogen (secondary N) is 3. The number of piperidine rings is 2. The molecule has 0 aromatic carbocycles. The third-order valence-corrected chi connectivity index (χ3v) is 8.96. The first kappa shape index (κ1) is 33.6. The Labute approximate surface area is 249 Å². The van der Waals surface area contributed by atoms with Crippen molar-refractivity contribution >= 4 is 29.6 Å². The molecule has 0 aromatic heterocycles. The van der Waals surface area contributed by atoms with Gasteiger partial charge in [0.15, 0.2) is 0 Å². The van der Waals surface area contributed by atoms with Crippen LogP contribution in [0.15, 0.2) is 11.9 Å². The molecule has 3 N–H and O–H groups in total. The summed E-state index contributed by atoms with van der Waals surface area (Å²) in [4.78, 5) is 64.4. The quantitative estimate of drug-likeness (QED) is 0.181. The van der Waals surface area contributed by atoms with E-state index in [0.717, 1.165) is 11.3 Å². The lowest BCUT2D eigenvalue weighted by Crippen LogP contribution is -2.71. The molecule has 0 unspecified atom stereocenters. The number of ether oxygens (including phenoxy) is 1. The van der Waals surface area contributed by atoms with Crippen molar-refractivity contribution in [2.24, 2.45) is 17.8 Å². The topological polar surface area (TPSA) is 134 Å². The van der Waals surface area contributed by atoms with Crippen molar-refractivity contribution in [2.45, 2.75) is 101 Å². The van der Waals surface area contributed by atoms with E-state index < -0.39 is 89.9 Å². The van der Waals surface area contributed by atoms with Gasteiger partial charge in [0.05, 0.1) is 18.6 Å². The number of alkyl halides is 5. The van der Waals surface area contributed by atoms with Crippen LogP contribution in [0.4, 0.5) is 26.3 Å². The maximum Gasteiger partial charge on any atom is 0.471 e. The van der Waals surface area contributed by atoms with Gasteiger partial charge in [-0.05, 0) is 51.0 Å². The van der Waals surface area contributed by atoms with Crippen molar-refractivity contribution in [1.29, 1.82) is 0 Å². The summed E-state index contributed by atoms with van der Waals surface area (Å²) in [6.07, 6.45) is -3.60. The summed E-state index contributed by atoms with van der Waals surface area (Å²) in [5.74, 6) is -13.7. The van der Waals surface area contributed by atoms with E-state index in [-0.39, 0.29) is 38.2 Å². The molecule has 16 heteroatoms. The lowest BCUT2D eigenvalue weighted by atomic mass is 9.71. The second-order valence-corrected chi connectivity index (χ2v) is 11.9. The van der Waals surface area contributed by atoms with Crippen molar-refractivity contribution in [3.8, 4) is 0 Å². The van der Waals surface area contributed by atoms with Crippen LogP contribution in [-0.4, -0.2) is 83.9 Å². The molecule has 3 saturated heterocycles. The maximum absolute atomic E-state index is 15.2. The Kier molecular flexibility index (Phi) is 10.2. The summed E-state index contributed by atoms with van der Waals surface area (Å²) in [6, 6.07) is -6.15. The van der Waals surface area contributed by atoms with E-state index in [1.54, 1.807) is 5.32 Å². The summed E-state index contributed by atoms with van der Waals surface area (Å²) >= 11 is 0. The molecule has 5 rings (SSSR count). The van der Waals surface area contributed by atoms with E-state index >= 15 is 8.78 Å². The number of esters is 1. The molecule has 0 spiro atoms. The Morgan fingerprint density at radius 1 is 1.09 bits per heavy atom. The number of amides is 4. The number of hydrogen-bond donors (Lipinski definition) is 3. The first-order valence-corrected chi connectivity index (χ1v) is 14.8. The predicted molar refractivity (Wildman–Crippen MR) is 140 cm³/mol. The summed E-state index contributed by atoms with van der Waals surface area (Å²) < 4.78 is 89.1. The number of nitrogens with zero attached hydrogens (tertiary/aromatic N) is 1. The molecular weight excluding hydrogens is 602 g/mol. The Morgan fingerprint density at radius 3 is 2.34 bits per heavy atom. The lowest BCUT2D eigenvalue weighted by molar-refractivity contribution is -0.196. The molecule has 6 atom stereocenters. The highest BCUT2D eigenvalue weighted by molar-refractivity contribution is 5.94. The zero-order valence-electron chi connectivity index (χ0n) is 24.1. The minimum atomic E-state index is -5.31. The molecule has 5 aliphatic rings. The van der Waals surface area contributed by atoms with Gasteiger partial charge < -0.3 is 25.6 Å². The SMILES string of the molecule is CCOC(=O)/C(F)=C\[C@H](C[C@@H]1CCNC1=O)NC(=O)[C@@H]1[C@H]2CC[C@H](CC2(F)F)N1C(=O)[C@H](CC1CCC1)NC(=O)C(F)(F)F. The molecule has 44 heavy (non-hydrogen) atoms. The van der Waals surface area contributed by atoms with E-state index in [0.29, 0.717) is 31.9 Å². The summed E-state index contributed by atoms with van der Waals surface area (Å²) in [5, 5.41) is 6.69. The van der Waals surface area contributed by atoms with Gasteiger partial charge in [-0.3, -0.25) is 19.2 Å². The van der Waals surface area contributed by atoms with Gasteiger partial charge in [-0.15, -0.1) is 0 Å². The highest BCUT2D eigenvalue weighted by atomic mass is 19.4. The van der Waals surface area contributed by atoms with Gasteiger partial charge in [-0.1, -0.05) is 19.3 Å². The standard InChI is InChI=1S/C28H36F6N4O6/c1-2-44-25(42)19(29)12-16(11-15-8-9-35-22(15)39)36-23(40)21-18-7-6-17(13-27(18,30)31)38(21)24(41)20(10-14-4-3-5-14)37-26(43)28(32,33)34/h12,14-18,20-21H,2-11,13H2,1H3,(H,35,39)(H,36,40)(H,37,43)/b19-12+/t15-,16-,17+,18+,20-,21-/m0/s1. The van der Waals surface area contributed by atoms with E-state index in [9.17, 15) is 41.5 Å². The zero-order valence-corrected chi connectivity index (χ0v) is 24.1. The fourth-order valence-electron chi connectivity index (χ4n) is 6.59. The molecule has 5 fully saturated rings. The fraction of sp³-hybridized carbons (Fsp3) is 0.750. The van der Waals surface area contributed by atoms with Crippen molar-refractivity contribution in [3.63, 3.8) is 0 Å². The van der Waals surface area contributed by atoms with Crippen molar-refractivity contribution in [3.05, 3.63) is 11.9 Å². The number of hydrogen-bond acceptors (Lipinski definition) is 6. The highest BCUT2D eigenvalue weighted by Crippen LogP contribution is 2.49. The van der Waals surface area contributed by atoms with Crippen LogP contribution in [0.1, 0.15) is 64.7 Å². The normalized spacial score (nSPS) is 28.0. The summed E-state index contributed by atoms with van der Waals surface area (Å²) in [7, 11) is 0. The van der Waals surface area contributed by atoms with Gasteiger partial charge in [0, 0.05) is 24.9 Å². The number of carbonyl (C=O) groups excluding carboxylic acids is 5. The molecule has 3 aliphatic heterocycles. The van der Waals surface area contributed by atoms with E-state index in [4.69, 9.17) is 0 Å². The number of halogens is 6. The Bertz CT molecular complexity index is 1180. The largest absolute Gasteiger partial charge is 0.471 e. The van der Waals surface area contributed by atoms with E-state index in [1.807, 2.05) is 0 Å². The third-order valence-electron chi connectivity index (χ3n) is 8.96. The van der Waals surface area contributed by atoms with Gasteiger partial charge >= 0.3 is 18.1 Å². The molecule has 0 aromatic rings. The van der Waals surface area contributed by atoms with Gasteiger partial charge in [0.1, 0.15) is 12.1 Å². The van der Waals surface area contributed by atoms with Gasteiger partial charge in [0.25, 0.3) is 5.92 Å². The van der Waals surface area contributed by atoms with E-state index in [2.05, 4.69) is 15.4 Å². The van der Waals surface area contributed by atoms with Crippen LogP contribution in [0.5, 0.6) is 0 Å². The number of carbonyl (C=O) groups is 5. The molecule has 246 valence electrons. The predicted octanol–water partition coefficient (Wildman–Crippen LogP) is 2.67. The molecule has 4 amide bonds. The molecule has 2 bridgehead atoms. The Hall–Kier alpha value is -3.33. The zero-order chi connectivity index (χ0) is 32.4. The number of rotatable bonds is 11. The van der Waals surface area contributed by atoms with Crippen LogP contribution in [0.2, 0.25) is 0 Å². The van der Waals surface area contributed by atoms with Crippen molar-refractivity contribution < 1.29 is 55.1 Å². The van der Waals surface area contributed by atoms with Gasteiger partial charge in [-0.2, -0.15) is 17.6 Å². The fourth-order valence-corrected chi connectivity index (χ4v) is 6.59. The van der Waals surface area contributed by atoms with Crippen LogP contribution in [0.25, 0.3) is 0 Å². The first-order valence-electron chi connectivity index (χ1n) is 14.8. The third kappa shape index (κ3) is 7.48. The van der Waals surface area contributed by atoms with Crippen LogP contribution >= 0.6 is 0 Å². The maximum atomic E-state index is 15.2. The number of fused-ring (bicyclic) bond motifs is 3. The van der Waals surface area contributed by atoms with Crippen molar-refractivity contribution in [2.75, 3.05) is 13.2 Å². The molecule has 10 nitrogen and oxygen atoms in total. The van der Waals surface area contributed by atoms with Gasteiger partial charge in [0.2, 0.25) is 23.5 Å². The Morgan fingerprint density at radius 2 is 1.80 bits per heavy atom. The molecule has 0 radical (unpaired) electrons. The van der Waals surface area contributed by atoms with E-state index in [1.165, 1.54) is 6.92 Å². The minimum Gasteiger partial charge on any atom is -0.461 e. The lowest BCUT2D eigenvalue weighted by Gasteiger charge is -2.54. The molecular formula is C28H36F6N4O6. The monoisotopic (exact) mass is 638 g/mol.